The predicted octanol–water partition coefficient (Wildman–Crippen LogP) is 1.11. The van der Waals surface area contributed by atoms with Gasteiger partial charge in [-0.15, -0.1) is 0 Å². The first-order chi connectivity index (χ1) is 9.40. The maximum Gasteiger partial charge on any atom is 0.333 e. The van der Waals surface area contributed by atoms with E-state index in [4.69, 9.17) is 16.7 Å². The Morgan fingerprint density at radius 3 is 2.70 bits per heavy atom. The van der Waals surface area contributed by atoms with Gasteiger partial charge in [-0.1, -0.05) is 17.7 Å². The molecule has 1 aromatic carbocycles. The third-order valence-electron chi connectivity index (χ3n) is 2.81. The smallest absolute Gasteiger partial charge is 0.333 e. The molecule has 0 aliphatic rings. The Morgan fingerprint density at radius 2 is 2.10 bits per heavy atom. The molecule has 2 rings (SSSR count). The van der Waals surface area contributed by atoms with Crippen LogP contribution in [-0.2, 0) is 11.2 Å². The number of aromatic nitrogens is 2. The number of carboxylic acids is 1. The van der Waals surface area contributed by atoms with Crippen LogP contribution >= 0.6 is 11.6 Å². The van der Waals surface area contributed by atoms with Crippen molar-refractivity contribution in [3.8, 4) is 5.69 Å². The summed E-state index contributed by atoms with van der Waals surface area (Å²) in [7, 11) is 0. The molecule has 0 atom stereocenters. The number of aliphatic carboxylic acids is 1. The normalized spacial score (nSPS) is 10.5. The van der Waals surface area contributed by atoms with E-state index in [0.717, 1.165) is 4.57 Å². The molecule has 0 saturated carbocycles. The lowest BCUT2D eigenvalue weighted by molar-refractivity contribution is -0.136. The Bertz CT molecular complexity index is 792. The molecule has 1 aromatic heterocycles. The molecule has 0 unspecified atom stereocenters. The lowest BCUT2D eigenvalue weighted by Crippen LogP contribution is -2.37. The fourth-order valence-corrected chi connectivity index (χ4v) is 2.07. The zero-order chi connectivity index (χ0) is 14.9. The van der Waals surface area contributed by atoms with Gasteiger partial charge in [0, 0.05) is 16.3 Å². The van der Waals surface area contributed by atoms with Crippen LogP contribution in [0.15, 0.2) is 33.9 Å². The van der Waals surface area contributed by atoms with Crippen molar-refractivity contribution in [1.29, 1.82) is 0 Å². The van der Waals surface area contributed by atoms with Crippen LogP contribution < -0.4 is 11.2 Å². The van der Waals surface area contributed by atoms with Gasteiger partial charge in [-0.05, 0) is 25.1 Å². The van der Waals surface area contributed by atoms with E-state index in [1.807, 2.05) is 0 Å². The minimum atomic E-state index is -1.14. The molecule has 7 heteroatoms. The second-order valence-electron chi connectivity index (χ2n) is 4.22. The van der Waals surface area contributed by atoms with Gasteiger partial charge in [0.25, 0.3) is 5.56 Å². The number of aromatic amines is 1. The Hall–Kier alpha value is -2.34. The molecule has 6 nitrogen and oxygen atoms in total. The van der Waals surface area contributed by atoms with E-state index in [1.54, 1.807) is 18.2 Å². The Balaban J connectivity index is 2.74. The van der Waals surface area contributed by atoms with Gasteiger partial charge in [-0.25, -0.2) is 9.36 Å². The molecular weight excluding hydrogens is 284 g/mol. The van der Waals surface area contributed by atoms with Crippen LogP contribution in [0.3, 0.4) is 0 Å². The van der Waals surface area contributed by atoms with E-state index < -0.39 is 23.6 Å². The number of halogens is 1. The summed E-state index contributed by atoms with van der Waals surface area (Å²) in [4.78, 5) is 37.5. The van der Waals surface area contributed by atoms with E-state index in [9.17, 15) is 14.4 Å². The maximum absolute atomic E-state index is 12.3. The van der Waals surface area contributed by atoms with Gasteiger partial charge >= 0.3 is 11.7 Å². The highest BCUT2D eigenvalue weighted by atomic mass is 35.5. The summed E-state index contributed by atoms with van der Waals surface area (Å²) < 4.78 is 0.872. The van der Waals surface area contributed by atoms with Crippen molar-refractivity contribution in [2.24, 2.45) is 0 Å². The van der Waals surface area contributed by atoms with Gasteiger partial charge in [-0.3, -0.25) is 9.59 Å². The number of nitrogens with one attached hydrogen (secondary N) is 1. The predicted molar refractivity (Wildman–Crippen MR) is 73.7 cm³/mol. The number of hydrogen-bond acceptors (Lipinski definition) is 3. The lowest BCUT2D eigenvalue weighted by Gasteiger charge is -2.09. The van der Waals surface area contributed by atoms with Gasteiger partial charge in [0.05, 0.1) is 12.1 Å². The number of rotatable bonds is 3. The Morgan fingerprint density at radius 1 is 1.40 bits per heavy atom. The number of benzene rings is 1. The molecule has 0 fully saturated rings. The number of aryl methyl sites for hydroxylation is 1. The number of nitrogens with zero attached hydrogens (tertiary/aromatic N) is 1. The summed E-state index contributed by atoms with van der Waals surface area (Å²) in [6.45, 7) is 1.49. The average molecular weight is 295 g/mol. The van der Waals surface area contributed by atoms with E-state index in [0.29, 0.717) is 5.02 Å². The molecule has 0 bridgehead atoms. The minimum Gasteiger partial charge on any atom is -0.481 e. The van der Waals surface area contributed by atoms with Crippen molar-refractivity contribution in [2.45, 2.75) is 13.3 Å². The van der Waals surface area contributed by atoms with Crippen molar-refractivity contribution in [3.05, 3.63) is 61.4 Å². The number of hydrogen-bond donors (Lipinski definition) is 2. The third-order valence-corrected chi connectivity index (χ3v) is 3.04. The summed E-state index contributed by atoms with van der Waals surface area (Å²) in [6.07, 6.45) is -0.456. The SMILES string of the molecule is Cc1[nH]c(=O)n(-c2cccc(Cl)c2)c(=O)c1CC(=O)O. The Labute approximate surface area is 118 Å². The maximum atomic E-state index is 12.3. The second-order valence-corrected chi connectivity index (χ2v) is 4.66. The second kappa shape index (κ2) is 5.34. The van der Waals surface area contributed by atoms with E-state index >= 15 is 0 Å². The van der Waals surface area contributed by atoms with Crippen molar-refractivity contribution in [2.75, 3.05) is 0 Å². The van der Waals surface area contributed by atoms with Crippen LogP contribution in [0.1, 0.15) is 11.3 Å². The highest BCUT2D eigenvalue weighted by molar-refractivity contribution is 6.30. The zero-order valence-electron chi connectivity index (χ0n) is 10.5. The van der Waals surface area contributed by atoms with Crippen molar-refractivity contribution in [3.63, 3.8) is 0 Å². The topological polar surface area (TPSA) is 92.2 Å². The molecule has 0 amide bonds. The van der Waals surface area contributed by atoms with E-state index in [-0.39, 0.29) is 16.9 Å². The summed E-state index contributed by atoms with van der Waals surface area (Å²) >= 11 is 5.83. The van der Waals surface area contributed by atoms with Crippen LogP contribution in [0.25, 0.3) is 5.69 Å². The first-order valence-electron chi connectivity index (χ1n) is 5.72. The monoisotopic (exact) mass is 294 g/mol. The third kappa shape index (κ3) is 2.65. The Kier molecular flexibility index (Phi) is 3.76. The highest BCUT2D eigenvalue weighted by Gasteiger charge is 2.15. The van der Waals surface area contributed by atoms with Gasteiger partial charge < -0.3 is 10.1 Å². The minimum absolute atomic E-state index is 0.0390. The van der Waals surface area contributed by atoms with Crippen molar-refractivity contribution >= 4 is 17.6 Å². The quantitative estimate of drug-likeness (QED) is 0.887. The molecule has 0 radical (unpaired) electrons. The first-order valence-corrected chi connectivity index (χ1v) is 6.10. The number of carboxylic acid groups (broad SMARTS) is 1. The van der Waals surface area contributed by atoms with Crippen LogP contribution in [0, 0.1) is 6.92 Å². The van der Waals surface area contributed by atoms with E-state index in [2.05, 4.69) is 4.98 Å². The molecular formula is C13H11ClN2O4. The molecule has 0 saturated heterocycles. The standard InChI is InChI=1S/C13H11ClN2O4/c1-7-10(6-11(17)18)12(19)16(13(20)15-7)9-4-2-3-8(14)5-9/h2-5H,6H2,1H3,(H,15,20)(H,17,18). The summed E-state index contributed by atoms with van der Waals surface area (Å²) in [5, 5.41) is 9.20. The first kappa shape index (κ1) is 14.1. The molecule has 0 spiro atoms. The average Bonchev–Trinajstić information content (AvgIpc) is 2.34. The summed E-state index contributed by atoms with van der Waals surface area (Å²) in [6, 6.07) is 6.21. The van der Waals surface area contributed by atoms with Gasteiger partial charge in [0.15, 0.2) is 0 Å². The number of H-pyrrole nitrogens is 1. The molecule has 0 aliphatic heterocycles. The molecule has 20 heavy (non-hydrogen) atoms. The van der Waals surface area contributed by atoms with Crippen LogP contribution in [-0.4, -0.2) is 20.6 Å². The fourth-order valence-electron chi connectivity index (χ4n) is 1.89. The zero-order valence-corrected chi connectivity index (χ0v) is 11.3. The van der Waals surface area contributed by atoms with Crippen molar-refractivity contribution < 1.29 is 9.90 Å². The summed E-state index contributed by atoms with van der Waals surface area (Å²) in [5.41, 5.74) is -0.715. The van der Waals surface area contributed by atoms with Crippen LogP contribution in [0.2, 0.25) is 5.02 Å². The molecule has 104 valence electrons. The molecule has 1 heterocycles. The lowest BCUT2D eigenvalue weighted by atomic mass is 10.1. The van der Waals surface area contributed by atoms with Crippen LogP contribution in [0.5, 0.6) is 0 Å². The molecule has 0 aliphatic carbocycles. The summed E-state index contributed by atoms with van der Waals surface area (Å²) in [5.74, 6) is -1.14. The van der Waals surface area contributed by atoms with Crippen LogP contribution in [0.4, 0.5) is 0 Å². The highest BCUT2D eigenvalue weighted by Crippen LogP contribution is 2.12. The van der Waals surface area contributed by atoms with Gasteiger partial charge in [0.1, 0.15) is 0 Å². The largest absolute Gasteiger partial charge is 0.481 e. The molecule has 2 N–H and O–H groups in total. The molecule has 2 aromatic rings. The number of carbonyl (C=O) groups is 1. The van der Waals surface area contributed by atoms with E-state index in [1.165, 1.54) is 13.0 Å². The van der Waals surface area contributed by atoms with Gasteiger partial charge in [-0.2, -0.15) is 0 Å². The fraction of sp³-hybridized carbons (Fsp3) is 0.154. The van der Waals surface area contributed by atoms with Gasteiger partial charge in [0.2, 0.25) is 0 Å². The van der Waals surface area contributed by atoms with Crippen molar-refractivity contribution in [1.82, 2.24) is 9.55 Å².